The molecule has 1 fully saturated rings. The zero-order valence-corrected chi connectivity index (χ0v) is 14.9. The van der Waals surface area contributed by atoms with Crippen LogP contribution >= 0.6 is 0 Å². The number of aromatic nitrogens is 1. The highest BCUT2D eigenvalue weighted by Gasteiger charge is 2.30. The number of fused-ring (bicyclic) bond motifs is 1. The number of hydrogen-bond acceptors (Lipinski definition) is 5. The molecule has 2 heterocycles. The summed E-state index contributed by atoms with van der Waals surface area (Å²) in [6.07, 6.45) is 0.220. The van der Waals surface area contributed by atoms with Gasteiger partial charge < -0.3 is 19.9 Å². The molecule has 6 nitrogen and oxygen atoms in total. The van der Waals surface area contributed by atoms with Crippen molar-refractivity contribution in [2.45, 2.75) is 18.6 Å². The molecule has 1 aliphatic rings. The van der Waals surface area contributed by atoms with Crippen LogP contribution < -0.4 is 14.8 Å². The second-order valence-corrected chi connectivity index (χ2v) is 6.53. The summed E-state index contributed by atoms with van der Waals surface area (Å²) in [4.78, 5) is 15.9. The Balaban J connectivity index is 1.74. The molecule has 0 unspecified atom stereocenters. The number of pyridine rings is 1. The van der Waals surface area contributed by atoms with Gasteiger partial charge in [-0.2, -0.15) is 0 Å². The molecule has 2 aromatic carbocycles. The highest BCUT2D eigenvalue weighted by atomic mass is 16.5. The van der Waals surface area contributed by atoms with Crippen LogP contribution in [0.5, 0.6) is 11.5 Å². The van der Waals surface area contributed by atoms with Crippen molar-refractivity contribution in [3.8, 4) is 22.8 Å². The number of hydrogen-bond donors (Lipinski definition) is 2. The van der Waals surface area contributed by atoms with Crippen LogP contribution in [-0.4, -0.2) is 41.9 Å². The molecule has 0 radical (unpaired) electrons. The first-order valence-electron chi connectivity index (χ1n) is 8.81. The minimum atomic E-state index is -0.851. The number of nitrogens with one attached hydrogen (secondary N) is 1. The maximum absolute atomic E-state index is 11.2. The minimum absolute atomic E-state index is 0.206. The van der Waals surface area contributed by atoms with Crippen LogP contribution in [0.3, 0.4) is 0 Å². The number of carbonyl (C=O) groups is 1. The van der Waals surface area contributed by atoms with Gasteiger partial charge in [0, 0.05) is 36.0 Å². The number of methoxy groups -OCH3 is 1. The first-order chi connectivity index (χ1) is 13.1. The van der Waals surface area contributed by atoms with Crippen LogP contribution in [0.25, 0.3) is 22.2 Å². The normalized spacial score (nSPS) is 19.1. The largest absolute Gasteiger partial charge is 0.497 e. The highest BCUT2D eigenvalue weighted by Crippen LogP contribution is 2.33. The molecular formula is C21H20N2O4. The van der Waals surface area contributed by atoms with Crippen LogP contribution in [0.4, 0.5) is 0 Å². The van der Waals surface area contributed by atoms with Gasteiger partial charge in [-0.3, -0.25) is 4.79 Å². The topological polar surface area (TPSA) is 80.7 Å². The van der Waals surface area contributed by atoms with Crippen LogP contribution in [0.15, 0.2) is 54.6 Å². The molecule has 27 heavy (non-hydrogen) atoms. The third kappa shape index (κ3) is 3.57. The van der Waals surface area contributed by atoms with Crippen molar-refractivity contribution in [1.82, 2.24) is 10.3 Å². The number of carboxylic acid groups (broad SMARTS) is 1. The van der Waals surface area contributed by atoms with Crippen molar-refractivity contribution in [3.63, 3.8) is 0 Å². The summed E-state index contributed by atoms with van der Waals surface area (Å²) in [7, 11) is 1.62. The molecule has 3 aromatic rings. The molecule has 1 aromatic heterocycles. The Kier molecular flexibility index (Phi) is 4.64. The van der Waals surface area contributed by atoms with E-state index in [2.05, 4.69) is 5.32 Å². The molecule has 1 aliphatic heterocycles. The van der Waals surface area contributed by atoms with E-state index in [4.69, 9.17) is 14.5 Å². The lowest BCUT2D eigenvalue weighted by atomic mass is 10.1. The molecule has 6 heteroatoms. The van der Waals surface area contributed by atoms with Crippen LogP contribution in [0.2, 0.25) is 0 Å². The van der Waals surface area contributed by atoms with Crippen molar-refractivity contribution >= 4 is 16.9 Å². The SMILES string of the molecule is COc1ccc2c(O[C@H]3CN[C@H](C(=O)O)C3)cc(-c3ccccc3)nc2c1. The molecule has 0 bridgehead atoms. The average Bonchev–Trinajstić information content (AvgIpc) is 3.17. The molecule has 2 N–H and O–H groups in total. The van der Waals surface area contributed by atoms with E-state index in [0.29, 0.717) is 18.7 Å². The van der Waals surface area contributed by atoms with E-state index in [1.54, 1.807) is 7.11 Å². The molecule has 1 saturated heterocycles. The van der Waals surface area contributed by atoms with Gasteiger partial charge in [-0.15, -0.1) is 0 Å². The predicted octanol–water partition coefficient (Wildman–Crippen LogP) is 3.10. The van der Waals surface area contributed by atoms with Gasteiger partial charge in [0.1, 0.15) is 23.6 Å². The molecule has 138 valence electrons. The number of rotatable bonds is 5. The maximum atomic E-state index is 11.2. The summed E-state index contributed by atoms with van der Waals surface area (Å²) in [6, 6.07) is 16.9. The standard InChI is InChI=1S/C21H20N2O4/c1-26-14-7-8-16-18(9-14)23-17(13-5-3-2-4-6-13)11-20(16)27-15-10-19(21(24)25)22-12-15/h2-9,11,15,19,22H,10,12H2,1H3,(H,24,25)/t15-,19+/m1/s1. The quantitative estimate of drug-likeness (QED) is 0.724. The fourth-order valence-corrected chi connectivity index (χ4v) is 3.32. The number of aliphatic carboxylic acids is 1. The van der Waals surface area contributed by atoms with Gasteiger partial charge in [-0.25, -0.2) is 4.98 Å². The molecule has 0 spiro atoms. The second kappa shape index (κ2) is 7.25. The van der Waals surface area contributed by atoms with Gasteiger partial charge in [-0.1, -0.05) is 30.3 Å². The van der Waals surface area contributed by atoms with E-state index in [1.165, 1.54) is 0 Å². The van der Waals surface area contributed by atoms with Crippen molar-refractivity contribution in [2.75, 3.05) is 13.7 Å². The molecule has 0 saturated carbocycles. The number of ether oxygens (including phenoxy) is 2. The first-order valence-corrected chi connectivity index (χ1v) is 8.81. The van der Waals surface area contributed by atoms with Crippen molar-refractivity contribution in [2.24, 2.45) is 0 Å². The zero-order valence-electron chi connectivity index (χ0n) is 14.9. The van der Waals surface area contributed by atoms with Gasteiger partial charge in [0.2, 0.25) is 0 Å². The molecular weight excluding hydrogens is 344 g/mol. The van der Waals surface area contributed by atoms with Crippen molar-refractivity contribution in [3.05, 3.63) is 54.6 Å². The summed E-state index contributed by atoms with van der Waals surface area (Å²) >= 11 is 0. The molecule has 2 atom stereocenters. The lowest BCUT2D eigenvalue weighted by molar-refractivity contribution is -0.139. The van der Waals surface area contributed by atoms with Gasteiger partial charge in [0.05, 0.1) is 18.3 Å². The lowest BCUT2D eigenvalue weighted by Crippen LogP contribution is -2.30. The van der Waals surface area contributed by atoms with E-state index < -0.39 is 12.0 Å². The van der Waals surface area contributed by atoms with Gasteiger partial charge in [-0.05, 0) is 12.1 Å². The number of benzene rings is 2. The Morgan fingerprint density at radius 3 is 2.70 bits per heavy atom. The Bertz CT molecular complexity index is 975. The minimum Gasteiger partial charge on any atom is -0.497 e. The van der Waals surface area contributed by atoms with E-state index in [9.17, 15) is 9.90 Å². The Hall–Kier alpha value is -3.12. The fourth-order valence-electron chi connectivity index (χ4n) is 3.32. The maximum Gasteiger partial charge on any atom is 0.320 e. The Morgan fingerprint density at radius 2 is 2.00 bits per heavy atom. The molecule has 4 rings (SSSR count). The summed E-state index contributed by atoms with van der Waals surface area (Å²) in [5.74, 6) is 0.564. The van der Waals surface area contributed by atoms with E-state index >= 15 is 0 Å². The second-order valence-electron chi connectivity index (χ2n) is 6.53. The van der Waals surface area contributed by atoms with Crippen molar-refractivity contribution in [1.29, 1.82) is 0 Å². The van der Waals surface area contributed by atoms with Gasteiger partial charge in [0.25, 0.3) is 0 Å². The zero-order chi connectivity index (χ0) is 18.8. The predicted molar refractivity (Wildman–Crippen MR) is 102 cm³/mol. The van der Waals surface area contributed by atoms with E-state index in [1.807, 2.05) is 54.6 Å². The number of nitrogens with zero attached hydrogens (tertiary/aromatic N) is 1. The van der Waals surface area contributed by atoms with Crippen molar-refractivity contribution < 1.29 is 19.4 Å². The third-order valence-corrected chi connectivity index (χ3v) is 4.73. The first kappa shape index (κ1) is 17.3. The highest BCUT2D eigenvalue weighted by molar-refractivity contribution is 5.89. The number of carboxylic acids is 1. The average molecular weight is 364 g/mol. The Morgan fingerprint density at radius 1 is 1.19 bits per heavy atom. The monoisotopic (exact) mass is 364 g/mol. The van der Waals surface area contributed by atoms with Crippen LogP contribution in [0.1, 0.15) is 6.42 Å². The molecule has 0 amide bonds. The summed E-state index contributed by atoms with van der Waals surface area (Å²) < 4.78 is 11.5. The fraction of sp³-hybridized carbons (Fsp3) is 0.238. The summed E-state index contributed by atoms with van der Waals surface area (Å²) in [5.41, 5.74) is 2.55. The van der Waals surface area contributed by atoms with Crippen LogP contribution in [-0.2, 0) is 4.79 Å². The van der Waals surface area contributed by atoms with Crippen LogP contribution in [0, 0.1) is 0 Å². The van der Waals surface area contributed by atoms with E-state index in [0.717, 1.165) is 27.9 Å². The smallest absolute Gasteiger partial charge is 0.320 e. The third-order valence-electron chi connectivity index (χ3n) is 4.73. The van der Waals surface area contributed by atoms with Gasteiger partial charge >= 0.3 is 5.97 Å². The van der Waals surface area contributed by atoms with E-state index in [-0.39, 0.29) is 6.10 Å². The Labute approximate surface area is 156 Å². The lowest BCUT2D eigenvalue weighted by Gasteiger charge is -2.16. The molecule has 0 aliphatic carbocycles. The van der Waals surface area contributed by atoms with Gasteiger partial charge in [0.15, 0.2) is 0 Å². The summed E-state index contributed by atoms with van der Waals surface area (Å²) in [5, 5.41) is 13.0. The summed E-state index contributed by atoms with van der Waals surface area (Å²) in [6.45, 7) is 0.498.